The molecule has 25 heavy (non-hydrogen) atoms. The Kier molecular flexibility index (Phi) is 3.03. The van der Waals surface area contributed by atoms with Crippen LogP contribution in [-0.4, -0.2) is 34.2 Å². The van der Waals surface area contributed by atoms with Crippen molar-refractivity contribution in [3.8, 4) is 0 Å². The molecule has 0 amide bonds. The number of hydrogen-bond acceptors (Lipinski definition) is 4. The molecule has 0 saturated carbocycles. The number of hydrogen-bond donors (Lipinski definition) is 0. The zero-order valence-corrected chi connectivity index (χ0v) is 15.4. The molecule has 4 nitrogen and oxygen atoms in total. The molecule has 4 heteroatoms. The highest BCUT2D eigenvalue weighted by atomic mass is 16.3. The molecule has 2 aromatic heterocycles. The molecule has 3 saturated heterocycles. The van der Waals surface area contributed by atoms with Gasteiger partial charge in [0.1, 0.15) is 0 Å². The molecule has 0 radical (unpaired) electrons. The van der Waals surface area contributed by atoms with E-state index in [2.05, 4.69) is 60.7 Å². The van der Waals surface area contributed by atoms with Crippen molar-refractivity contribution in [1.29, 1.82) is 0 Å². The standard InChI is InChI=1S/C21H25N3O/c1-13-7-8-16-17-6-5-10-22-20(17)25-19(16)18(13)24-15(3)23-11-9-21(24,4)12-14(23)2/h5-8,10,14-15H,9,11-12H2,1-4H3/t14?,15-,21?/m0/s1. The van der Waals surface area contributed by atoms with Crippen molar-refractivity contribution in [3.05, 3.63) is 36.0 Å². The van der Waals surface area contributed by atoms with Gasteiger partial charge in [-0.2, -0.15) is 0 Å². The first kappa shape index (κ1) is 15.2. The van der Waals surface area contributed by atoms with Gasteiger partial charge in [0.05, 0.1) is 11.9 Å². The number of furan rings is 1. The smallest absolute Gasteiger partial charge is 0.227 e. The lowest BCUT2D eigenvalue weighted by atomic mass is 9.78. The third-order valence-corrected chi connectivity index (χ3v) is 6.48. The minimum atomic E-state index is 0.180. The van der Waals surface area contributed by atoms with Gasteiger partial charge in [-0.3, -0.25) is 4.90 Å². The highest BCUT2D eigenvalue weighted by molar-refractivity contribution is 6.08. The van der Waals surface area contributed by atoms with Crippen LogP contribution in [0.4, 0.5) is 5.69 Å². The first-order valence-electron chi connectivity index (χ1n) is 9.31. The largest absolute Gasteiger partial charge is 0.436 e. The van der Waals surface area contributed by atoms with Gasteiger partial charge < -0.3 is 9.32 Å². The number of anilines is 1. The fourth-order valence-corrected chi connectivity index (χ4v) is 5.33. The van der Waals surface area contributed by atoms with Crippen LogP contribution in [0.3, 0.4) is 0 Å². The molecule has 0 spiro atoms. The number of benzene rings is 1. The van der Waals surface area contributed by atoms with Gasteiger partial charge in [0, 0.05) is 35.1 Å². The molecule has 1 aromatic carbocycles. The number of piperidine rings is 1. The Balaban J connectivity index is 1.79. The number of aromatic nitrogens is 1. The first-order chi connectivity index (χ1) is 12.0. The molecular weight excluding hydrogens is 310 g/mol. The van der Waals surface area contributed by atoms with E-state index in [0.717, 1.165) is 16.7 Å². The van der Waals surface area contributed by atoms with Crippen LogP contribution in [0.1, 0.15) is 39.2 Å². The highest BCUT2D eigenvalue weighted by Crippen LogP contribution is 2.48. The zero-order valence-electron chi connectivity index (χ0n) is 15.4. The van der Waals surface area contributed by atoms with Crippen molar-refractivity contribution in [3.63, 3.8) is 0 Å². The molecule has 3 unspecified atom stereocenters. The second kappa shape index (κ2) is 4.98. The van der Waals surface area contributed by atoms with Crippen LogP contribution < -0.4 is 4.90 Å². The predicted octanol–water partition coefficient (Wildman–Crippen LogP) is 4.70. The van der Waals surface area contributed by atoms with E-state index in [4.69, 9.17) is 4.42 Å². The van der Waals surface area contributed by atoms with Crippen molar-refractivity contribution in [2.45, 2.75) is 58.3 Å². The van der Waals surface area contributed by atoms with Crippen molar-refractivity contribution in [2.24, 2.45) is 0 Å². The summed E-state index contributed by atoms with van der Waals surface area (Å²) in [6.07, 6.45) is 4.59. The van der Waals surface area contributed by atoms with Gasteiger partial charge >= 0.3 is 0 Å². The van der Waals surface area contributed by atoms with Gasteiger partial charge in [-0.1, -0.05) is 12.1 Å². The third kappa shape index (κ3) is 1.94. The Morgan fingerprint density at radius 1 is 1.20 bits per heavy atom. The molecule has 3 fully saturated rings. The van der Waals surface area contributed by atoms with Crippen LogP contribution in [0.5, 0.6) is 0 Å². The molecule has 5 heterocycles. The Hall–Kier alpha value is -2.07. The maximum atomic E-state index is 6.27. The summed E-state index contributed by atoms with van der Waals surface area (Å²) < 4.78 is 6.27. The summed E-state index contributed by atoms with van der Waals surface area (Å²) >= 11 is 0. The molecular formula is C21H25N3O. The van der Waals surface area contributed by atoms with Gasteiger partial charge in [-0.25, -0.2) is 4.98 Å². The molecule has 3 aliphatic heterocycles. The van der Waals surface area contributed by atoms with Crippen LogP contribution in [-0.2, 0) is 0 Å². The average Bonchev–Trinajstić information content (AvgIpc) is 2.94. The fraction of sp³-hybridized carbons (Fsp3) is 0.476. The molecule has 3 aliphatic rings. The Bertz CT molecular complexity index is 978. The molecule has 0 N–H and O–H groups in total. The quantitative estimate of drug-likeness (QED) is 0.645. The van der Waals surface area contributed by atoms with E-state index in [1.54, 1.807) is 6.20 Å². The van der Waals surface area contributed by atoms with E-state index >= 15 is 0 Å². The molecule has 6 rings (SSSR count). The third-order valence-electron chi connectivity index (χ3n) is 6.48. The summed E-state index contributed by atoms with van der Waals surface area (Å²) in [5.74, 6) is 0. The van der Waals surface area contributed by atoms with Gasteiger partial charge in [0.2, 0.25) is 5.71 Å². The molecule has 0 aliphatic carbocycles. The number of fused-ring (bicyclic) bond motifs is 6. The van der Waals surface area contributed by atoms with Crippen LogP contribution in [0.2, 0.25) is 0 Å². The summed E-state index contributed by atoms with van der Waals surface area (Å²) in [7, 11) is 0. The minimum absolute atomic E-state index is 0.180. The summed E-state index contributed by atoms with van der Waals surface area (Å²) in [4.78, 5) is 9.69. The van der Waals surface area contributed by atoms with E-state index in [9.17, 15) is 0 Å². The van der Waals surface area contributed by atoms with Crippen LogP contribution in [0.15, 0.2) is 34.9 Å². The first-order valence-corrected chi connectivity index (χ1v) is 9.31. The fourth-order valence-electron chi connectivity index (χ4n) is 5.33. The predicted molar refractivity (Wildman–Crippen MR) is 102 cm³/mol. The second-order valence-electron chi connectivity index (χ2n) is 8.11. The van der Waals surface area contributed by atoms with E-state index in [1.807, 2.05) is 6.07 Å². The van der Waals surface area contributed by atoms with E-state index < -0.39 is 0 Å². The van der Waals surface area contributed by atoms with Crippen molar-refractivity contribution >= 4 is 27.8 Å². The molecule has 4 atom stereocenters. The molecule has 2 bridgehead atoms. The minimum Gasteiger partial charge on any atom is -0.436 e. The van der Waals surface area contributed by atoms with Gasteiger partial charge in [0.25, 0.3) is 0 Å². The normalized spacial score (nSPS) is 32.0. The summed E-state index contributed by atoms with van der Waals surface area (Å²) in [6, 6.07) is 9.14. The Morgan fingerprint density at radius 3 is 2.80 bits per heavy atom. The zero-order chi connectivity index (χ0) is 17.3. The average molecular weight is 335 g/mol. The SMILES string of the molecule is Cc1ccc2c(oc3ncccc32)c1N1[C@@H](C)N2CCC1(C)CC2C. The lowest BCUT2D eigenvalue weighted by molar-refractivity contribution is 0.00487. The van der Waals surface area contributed by atoms with Gasteiger partial charge in [-0.15, -0.1) is 0 Å². The topological polar surface area (TPSA) is 32.5 Å². The number of nitrogens with zero attached hydrogens (tertiary/aromatic N) is 3. The second-order valence-corrected chi connectivity index (χ2v) is 8.11. The Labute approximate surface area is 148 Å². The van der Waals surface area contributed by atoms with Crippen LogP contribution in [0.25, 0.3) is 22.1 Å². The van der Waals surface area contributed by atoms with Crippen LogP contribution >= 0.6 is 0 Å². The van der Waals surface area contributed by atoms with Crippen molar-refractivity contribution in [2.75, 3.05) is 11.4 Å². The summed E-state index contributed by atoms with van der Waals surface area (Å²) in [6.45, 7) is 10.5. The maximum Gasteiger partial charge on any atom is 0.227 e. The number of rotatable bonds is 1. The molecule has 3 aromatic rings. The van der Waals surface area contributed by atoms with E-state index in [1.165, 1.54) is 36.0 Å². The van der Waals surface area contributed by atoms with Crippen molar-refractivity contribution in [1.82, 2.24) is 9.88 Å². The summed E-state index contributed by atoms with van der Waals surface area (Å²) in [5.41, 5.74) is 4.43. The van der Waals surface area contributed by atoms with Crippen molar-refractivity contribution < 1.29 is 4.42 Å². The lowest BCUT2D eigenvalue weighted by Gasteiger charge is -2.62. The Morgan fingerprint density at radius 2 is 2.04 bits per heavy atom. The summed E-state index contributed by atoms with van der Waals surface area (Å²) in [5, 5.41) is 2.27. The van der Waals surface area contributed by atoms with E-state index in [-0.39, 0.29) is 5.54 Å². The highest BCUT2D eigenvalue weighted by Gasteiger charge is 2.50. The van der Waals surface area contributed by atoms with Crippen LogP contribution in [0, 0.1) is 6.92 Å². The van der Waals surface area contributed by atoms with Gasteiger partial charge in [0.15, 0.2) is 5.58 Å². The number of pyridine rings is 1. The monoisotopic (exact) mass is 335 g/mol. The lowest BCUT2D eigenvalue weighted by Crippen LogP contribution is -2.71. The van der Waals surface area contributed by atoms with E-state index in [0.29, 0.717) is 12.2 Å². The van der Waals surface area contributed by atoms with Gasteiger partial charge in [-0.05, 0) is 58.2 Å². The number of aryl methyl sites for hydroxylation is 1. The molecule has 130 valence electrons. The maximum absolute atomic E-state index is 6.27.